The van der Waals surface area contributed by atoms with E-state index in [0.717, 1.165) is 21.8 Å². The number of ether oxygens (including phenoxy) is 1. The van der Waals surface area contributed by atoms with E-state index in [1.807, 2.05) is 30.5 Å². The van der Waals surface area contributed by atoms with Gasteiger partial charge in [0.05, 0.1) is 12.3 Å². The van der Waals surface area contributed by atoms with Gasteiger partial charge in [-0.2, -0.15) is 0 Å². The number of thiazole rings is 1. The number of hydrogen-bond donors (Lipinski definition) is 1. The van der Waals surface area contributed by atoms with Crippen LogP contribution in [0.5, 0.6) is 0 Å². The lowest BCUT2D eigenvalue weighted by Crippen LogP contribution is -2.04. The first-order chi connectivity index (χ1) is 9.61. The third-order valence-electron chi connectivity index (χ3n) is 2.66. The summed E-state index contributed by atoms with van der Waals surface area (Å²) >= 11 is 2.93. The summed E-state index contributed by atoms with van der Waals surface area (Å²) in [4.78, 5) is 16.8. The Kier molecular flexibility index (Phi) is 5.03. The van der Waals surface area contributed by atoms with Gasteiger partial charge in [0, 0.05) is 21.7 Å². The van der Waals surface area contributed by atoms with E-state index in [2.05, 4.69) is 4.98 Å². The number of rotatable bonds is 5. The van der Waals surface area contributed by atoms with Crippen LogP contribution in [0.1, 0.15) is 28.0 Å². The second kappa shape index (κ2) is 6.76. The van der Waals surface area contributed by atoms with E-state index in [0.29, 0.717) is 17.4 Å². The van der Waals surface area contributed by atoms with Crippen LogP contribution in [0.4, 0.5) is 5.69 Å². The first kappa shape index (κ1) is 14.9. The Morgan fingerprint density at radius 1 is 1.50 bits per heavy atom. The summed E-state index contributed by atoms with van der Waals surface area (Å²) in [6, 6.07) is 5.96. The Hall–Kier alpha value is -1.53. The van der Waals surface area contributed by atoms with Crippen molar-refractivity contribution in [1.82, 2.24) is 4.98 Å². The fraction of sp³-hybridized carbons (Fsp3) is 0.286. The van der Waals surface area contributed by atoms with Crippen molar-refractivity contribution in [2.24, 2.45) is 0 Å². The van der Waals surface area contributed by atoms with Crippen molar-refractivity contribution in [3.8, 4) is 0 Å². The molecule has 2 aromatic rings. The zero-order valence-corrected chi connectivity index (χ0v) is 13.0. The molecule has 106 valence electrons. The minimum absolute atomic E-state index is 0.358. The molecule has 1 heterocycles. The lowest BCUT2D eigenvalue weighted by atomic mass is 10.2. The van der Waals surface area contributed by atoms with Crippen LogP contribution in [-0.4, -0.2) is 17.6 Å². The molecule has 1 aromatic carbocycles. The molecule has 0 aliphatic carbocycles. The highest BCUT2D eigenvalue weighted by Gasteiger charge is 2.12. The molecule has 0 bridgehead atoms. The second-order valence-electron chi connectivity index (χ2n) is 4.14. The third-order valence-corrected chi connectivity index (χ3v) is 4.64. The summed E-state index contributed by atoms with van der Waals surface area (Å²) in [5, 5.41) is 2.28. The van der Waals surface area contributed by atoms with Crippen molar-refractivity contribution < 1.29 is 9.53 Å². The first-order valence-corrected chi connectivity index (χ1v) is 8.07. The van der Waals surface area contributed by atoms with Crippen LogP contribution in [0.3, 0.4) is 0 Å². The van der Waals surface area contributed by atoms with E-state index < -0.39 is 0 Å². The van der Waals surface area contributed by atoms with E-state index in [-0.39, 0.29) is 5.97 Å². The molecule has 0 atom stereocenters. The van der Waals surface area contributed by atoms with Crippen LogP contribution < -0.4 is 5.73 Å². The predicted octanol–water partition coefficient (Wildman–Crippen LogP) is 3.50. The molecule has 1 aromatic heterocycles. The molecule has 0 aliphatic heterocycles. The molecule has 0 radical (unpaired) electrons. The Bertz CT molecular complexity index is 611. The van der Waals surface area contributed by atoms with E-state index in [1.54, 1.807) is 18.7 Å². The number of carbonyl (C=O) groups is 1. The van der Waals surface area contributed by atoms with Crippen molar-refractivity contribution >= 4 is 34.8 Å². The van der Waals surface area contributed by atoms with Gasteiger partial charge in [-0.05, 0) is 25.5 Å². The van der Waals surface area contributed by atoms with Gasteiger partial charge in [-0.3, -0.25) is 0 Å². The van der Waals surface area contributed by atoms with Gasteiger partial charge in [-0.1, -0.05) is 12.1 Å². The molecule has 0 unspecified atom stereocenters. The maximum absolute atomic E-state index is 11.5. The Balaban J connectivity index is 2.01. The van der Waals surface area contributed by atoms with E-state index in [1.165, 1.54) is 11.3 Å². The zero-order chi connectivity index (χ0) is 14.5. The third kappa shape index (κ3) is 3.52. The number of aryl methyl sites for hydroxylation is 1. The molecule has 0 aliphatic rings. The standard InChI is InChI=1S/C14H16N2O2S2/c1-3-18-14(17)13-16-10(8-20-13)7-19-11-6-4-5-9(2)12(11)15/h4-6,8H,3,7,15H2,1-2H3. The van der Waals surface area contributed by atoms with Crippen LogP contribution in [0.2, 0.25) is 0 Å². The molecule has 0 spiro atoms. The summed E-state index contributed by atoms with van der Waals surface area (Å²) in [7, 11) is 0. The fourth-order valence-electron chi connectivity index (χ4n) is 1.59. The average Bonchev–Trinajstić information content (AvgIpc) is 2.90. The summed E-state index contributed by atoms with van der Waals surface area (Å²) in [5.74, 6) is 0.327. The molecular formula is C14H16N2O2S2. The zero-order valence-electron chi connectivity index (χ0n) is 11.4. The fourth-order valence-corrected chi connectivity index (χ4v) is 3.35. The summed E-state index contributed by atoms with van der Waals surface area (Å²) in [5.41, 5.74) is 8.77. The molecule has 6 heteroatoms. The number of esters is 1. The van der Waals surface area contributed by atoms with E-state index >= 15 is 0 Å². The van der Waals surface area contributed by atoms with Crippen molar-refractivity contribution in [3.63, 3.8) is 0 Å². The Morgan fingerprint density at radius 3 is 3.05 bits per heavy atom. The highest BCUT2D eigenvalue weighted by Crippen LogP contribution is 2.30. The van der Waals surface area contributed by atoms with Crippen LogP contribution in [-0.2, 0) is 10.5 Å². The summed E-state index contributed by atoms with van der Waals surface area (Å²) in [6.45, 7) is 4.13. The number of carbonyl (C=O) groups excluding carboxylic acids is 1. The predicted molar refractivity (Wildman–Crippen MR) is 83.2 cm³/mol. The van der Waals surface area contributed by atoms with Crippen molar-refractivity contribution in [2.45, 2.75) is 24.5 Å². The monoisotopic (exact) mass is 308 g/mol. The van der Waals surface area contributed by atoms with Gasteiger partial charge in [-0.25, -0.2) is 9.78 Å². The summed E-state index contributed by atoms with van der Waals surface area (Å²) < 4.78 is 4.92. The van der Waals surface area contributed by atoms with Gasteiger partial charge in [0.15, 0.2) is 0 Å². The maximum atomic E-state index is 11.5. The Morgan fingerprint density at radius 2 is 2.30 bits per heavy atom. The normalized spacial score (nSPS) is 10.5. The van der Waals surface area contributed by atoms with Gasteiger partial charge >= 0.3 is 5.97 Å². The molecule has 4 nitrogen and oxygen atoms in total. The van der Waals surface area contributed by atoms with Gasteiger partial charge in [0.2, 0.25) is 5.01 Å². The van der Waals surface area contributed by atoms with Crippen LogP contribution in [0, 0.1) is 6.92 Å². The van der Waals surface area contributed by atoms with E-state index in [9.17, 15) is 4.79 Å². The molecule has 0 amide bonds. The minimum Gasteiger partial charge on any atom is -0.461 e. The number of nitrogens with zero attached hydrogens (tertiary/aromatic N) is 1. The number of nitrogen functional groups attached to an aromatic ring is 1. The lowest BCUT2D eigenvalue weighted by molar-refractivity contribution is 0.0525. The number of aromatic nitrogens is 1. The quantitative estimate of drug-likeness (QED) is 0.520. The number of benzene rings is 1. The van der Waals surface area contributed by atoms with Gasteiger partial charge in [0.1, 0.15) is 0 Å². The highest BCUT2D eigenvalue weighted by molar-refractivity contribution is 7.98. The number of anilines is 1. The van der Waals surface area contributed by atoms with Gasteiger partial charge in [-0.15, -0.1) is 23.1 Å². The second-order valence-corrected chi connectivity index (χ2v) is 6.02. The van der Waals surface area contributed by atoms with Gasteiger partial charge < -0.3 is 10.5 Å². The van der Waals surface area contributed by atoms with Gasteiger partial charge in [0.25, 0.3) is 0 Å². The topological polar surface area (TPSA) is 65.2 Å². The molecule has 2 N–H and O–H groups in total. The molecule has 2 rings (SSSR count). The number of thioether (sulfide) groups is 1. The largest absolute Gasteiger partial charge is 0.461 e. The maximum Gasteiger partial charge on any atom is 0.367 e. The van der Waals surface area contributed by atoms with Crippen molar-refractivity contribution in [1.29, 1.82) is 0 Å². The molecule has 0 saturated carbocycles. The van der Waals surface area contributed by atoms with Crippen molar-refractivity contribution in [2.75, 3.05) is 12.3 Å². The smallest absolute Gasteiger partial charge is 0.367 e. The molecular weight excluding hydrogens is 292 g/mol. The highest BCUT2D eigenvalue weighted by atomic mass is 32.2. The average molecular weight is 308 g/mol. The van der Waals surface area contributed by atoms with Crippen LogP contribution in [0.25, 0.3) is 0 Å². The SMILES string of the molecule is CCOC(=O)c1nc(CSc2cccc(C)c2N)cs1. The number of para-hydroxylation sites is 1. The Labute approximate surface area is 126 Å². The minimum atomic E-state index is -0.358. The number of hydrogen-bond acceptors (Lipinski definition) is 6. The number of nitrogens with two attached hydrogens (primary N) is 1. The first-order valence-electron chi connectivity index (χ1n) is 6.21. The van der Waals surface area contributed by atoms with Crippen LogP contribution >= 0.6 is 23.1 Å². The van der Waals surface area contributed by atoms with Crippen molar-refractivity contribution in [3.05, 3.63) is 39.8 Å². The molecule has 20 heavy (non-hydrogen) atoms. The molecule has 0 saturated heterocycles. The van der Waals surface area contributed by atoms with E-state index in [4.69, 9.17) is 10.5 Å². The summed E-state index contributed by atoms with van der Waals surface area (Å²) in [6.07, 6.45) is 0. The lowest BCUT2D eigenvalue weighted by Gasteiger charge is -2.06. The molecule has 0 fully saturated rings. The van der Waals surface area contributed by atoms with Crippen LogP contribution in [0.15, 0.2) is 28.5 Å².